The van der Waals surface area contributed by atoms with E-state index in [0.717, 1.165) is 10.0 Å². The zero-order chi connectivity index (χ0) is 14.9. The summed E-state index contributed by atoms with van der Waals surface area (Å²) < 4.78 is 5.85. The van der Waals surface area contributed by atoms with Gasteiger partial charge in [-0.3, -0.25) is 4.79 Å². The van der Waals surface area contributed by atoms with E-state index in [1.54, 1.807) is 12.1 Å². The van der Waals surface area contributed by atoms with Gasteiger partial charge in [-0.25, -0.2) is 4.79 Å². The molecule has 1 aliphatic rings. The second kappa shape index (κ2) is 6.11. The number of hydrogen-bond donors (Lipinski definition) is 1. The highest BCUT2D eigenvalue weighted by atomic mass is 79.9. The third kappa shape index (κ3) is 3.13. The maximum Gasteiger partial charge on any atom is 0.334 e. The highest BCUT2D eigenvalue weighted by molar-refractivity contribution is 9.10. The second-order valence-electron chi connectivity index (χ2n) is 4.54. The van der Waals surface area contributed by atoms with E-state index >= 15 is 0 Å². The Morgan fingerprint density at radius 3 is 2.80 bits per heavy atom. The van der Waals surface area contributed by atoms with Gasteiger partial charge in [-0.2, -0.15) is 0 Å². The summed E-state index contributed by atoms with van der Waals surface area (Å²) in [6.45, 7) is 2.47. The van der Waals surface area contributed by atoms with E-state index in [1.807, 2.05) is 6.92 Å². The minimum Gasteiger partial charge on any atom is -0.479 e. The number of aryl methyl sites for hydroxylation is 1. The van der Waals surface area contributed by atoms with Gasteiger partial charge >= 0.3 is 5.97 Å². The number of rotatable bonds is 2. The lowest BCUT2D eigenvalue weighted by Gasteiger charge is -2.31. The molecule has 1 aliphatic heterocycles. The summed E-state index contributed by atoms with van der Waals surface area (Å²) in [5.41, 5.74) is 1.30. The zero-order valence-corrected chi connectivity index (χ0v) is 13.1. The van der Waals surface area contributed by atoms with Crippen LogP contribution in [0.15, 0.2) is 16.6 Å². The van der Waals surface area contributed by atoms with Crippen molar-refractivity contribution in [3.63, 3.8) is 0 Å². The average molecular weight is 363 g/mol. The van der Waals surface area contributed by atoms with E-state index in [1.165, 1.54) is 4.90 Å². The lowest BCUT2D eigenvalue weighted by Crippen LogP contribution is -2.48. The SMILES string of the molecule is Cc1cc(C(=O)N2CCOC(C(=O)O)C2)cc(Cl)c1Br. The molecule has 2 rings (SSSR count). The van der Waals surface area contributed by atoms with E-state index in [4.69, 9.17) is 21.4 Å². The number of hydrogen-bond acceptors (Lipinski definition) is 3. The van der Waals surface area contributed by atoms with Crippen LogP contribution in [0, 0.1) is 6.92 Å². The number of carboxylic acids is 1. The Bertz CT molecular complexity index is 540. The van der Waals surface area contributed by atoms with Crippen LogP contribution < -0.4 is 0 Å². The largest absolute Gasteiger partial charge is 0.479 e. The van der Waals surface area contributed by atoms with Crippen LogP contribution in [0.25, 0.3) is 0 Å². The van der Waals surface area contributed by atoms with E-state index in [9.17, 15) is 9.59 Å². The molecule has 1 aromatic carbocycles. The highest BCUT2D eigenvalue weighted by Gasteiger charge is 2.29. The van der Waals surface area contributed by atoms with E-state index in [2.05, 4.69) is 15.9 Å². The smallest absolute Gasteiger partial charge is 0.334 e. The first-order chi connectivity index (χ1) is 9.40. The maximum atomic E-state index is 12.4. The fourth-order valence-electron chi connectivity index (χ4n) is 2.02. The fourth-order valence-corrected chi connectivity index (χ4v) is 2.51. The number of carbonyl (C=O) groups is 2. The molecule has 0 radical (unpaired) electrons. The lowest BCUT2D eigenvalue weighted by molar-refractivity contribution is -0.154. The van der Waals surface area contributed by atoms with Crippen molar-refractivity contribution >= 4 is 39.4 Å². The summed E-state index contributed by atoms with van der Waals surface area (Å²) in [5.74, 6) is -1.30. The van der Waals surface area contributed by atoms with Gasteiger partial charge in [-0.05, 0) is 40.5 Å². The molecule has 1 aromatic rings. The van der Waals surface area contributed by atoms with Crippen LogP contribution in [-0.4, -0.2) is 47.7 Å². The van der Waals surface area contributed by atoms with E-state index < -0.39 is 12.1 Å². The Balaban J connectivity index is 2.21. The number of morpholine rings is 1. The quantitative estimate of drug-likeness (QED) is 0.877. The topological polar surface area (TPSA) is 66.8 Å². The van der Waals surface area contributed by atoms with Crippen LogP contribution in [0.4, 0.5) is 0 Å². The number of aliphatic carboxylic acids is 1. The van der Waals surface area contributed by atoms with E-state index in [-0.39, 0.29) is 19.1 Å². The number of carboxylic acid groups (broad SMARTS) is 1. The van der Waals surface area contributed by atoms with Gasteiger partial charge in [0.1, 0.15) is 0 Å². The predicted octanol–water partition coefficient (Wildman–Crippen LogP) is 2.34. The van der Waals surface area contributed by atoms with Crippen molar-refractivity contribution in [1.82, 2.24) is 4.90 Å². The lowest BCUT2D eigenvalue weighted by atomic mass is 10.1. The monoisotopic (exact) mass is 361 g/mol. The second-order valence-corrected chi connectivity index (χ2v) is 5.74. The minimum absolute atomic E-state index is 0.0426. The van der Waals surface area contributed by atoms with Crippen molar-refractivity contribution in [2.24, 2.45) is 0 Å². The molecule has 1 unspecified atom stereocenters. The van der Waals surface area contributed by atoms with Gasteiger partial charge < -0.3 is 14.7 Å². The van der Waals surface area contributed by atoms with Gasteiger partial charge in [0, 0.05) is 16.6 Å². The van der Waals surface area contributed by atoms with Gasteiger partial charge in [0.25, 0.3) is 5.91 Å². The Hall–Kier alpha value is -1.11. The van der Waals surface area contributed by atoms with Crippen LogP contribution in [0.3, 0.4) is 0 Å². The normalized spacial score (nSPS) is 18.9. The minimum atomic E-state index is -1.06. The number of nitrogens with zero attached hydrogens (tertiary/aromatic N) is 1. The summed E-state index contributed by atoms with van der Waals surface area (Å²) in [7, 11) is 0. The third-order valence-corrected chi connectivity index (χ3v) is 4.67. The van der Waals surface area contributed by atoms with Crippen LogP contribution in [0.2, 0.25) is 5.02 Å². The molecule has 1 heterocycles. The number of ether oxygens (including phenoxy) is 1. The molecule has 0 aliphatic carbocycles. The van der Waals surface area contributed by atoms with Crippen molar-refractivity contribution in [3.8, 4) is 0 Å². The number of benzene rings is 1. The first-order valence-corrected chi connectivity index (χ1v) is 7.16. The molecule has 1 N–H and O–H groups in total. The average Bonchev–Trinajstić information content (AvgIpc) is 2.43. The number of amides is 1. The molecule has 0 bridgehead atoms. The molecule has 1 saturated heterocycles. The first-order valence-electron chi connectivity index (χ1n) is 5.99. The van der Waals surface area contributed by atoms with E-state index in [0.29, 0.717) is 17.1 Å². The van der Waals surface area contributed by atoms with Crippen LogP contribution >= 0.6 is 27.5 Å². The van der Waals surface area contributed by atoms with Crippen molar-refractivity contribution in [2.75, 3.05) is 19.7 Å². The Labute approximate surface area is 129 Å². The molecule has 108 valence electrons. The number of halogens is 2. The third-order valence-electron chi connectivity index (χ3n) is 3.09. The van der Waals surface area contributed by atoms with Gasteiger partial charge in [0.15, 0.2) is 6.10 Å². The highest BCUT2D eigenvalue weighted by Crippen LogP contribution is 2.28. The molecule has 0 spiro atoms. The number of carbonyl (C=O) groups excluding carboxylic acids is 1. The zero-order valence-electron chi connectivity index (χ0n) is 10.7. The molecule has 0 aromatic heterocycles. The molecule has 7 heteroatoms. The molecule has 5 nitrogen and oxygen atoms in total. The standard InChI is InChI=1S/C13H13BrClNO4/c1-7-4-8(5-9(15)11(7)14)12(17)16-2-3-20-10(6-16)13(18)19/h4-5,10H,2-3,6H2,1H3,(H,18,19). The Morgan fingerprint density at radius 2 is 2.20 bits per heavy atom. The molecule has 1 fully saturated rings. The van der Waals surface area contributed by atoms with Gasteiger partial charge in [-0.15, -0.1) is 0 Å². The van der Waals surface area contributed by atoms with Crippen molar-refractivity contribution in [3.05, 3.63) is 32.8 Å². The summed E-state index contributed by atoms with van der Waals surface area (Å²) in [5, 5.41) is 9.40. The van der Waals surface area contributed by atoms with Crippen LogP contribution in [-0.2, 0) is 9.53 Å². The molecular formula is C13H13BrClNO4. The molecule has 1 amide bonds. The summed E-state index contributed by atoms with van der Waals surface area (Å²) in [4.78, 5) is 24.8. The van der Waals surface area contributed by atoms with Crippen molar-refractivity contribution in [2.45, 2.75) is 13.0 Å². The predicted molar refractivity (Wildman–Crippen MR) is 77.2 cm³/mol. The van der Waals surface area contributed by atoms with Crippen LogP contribution in [0.5, 0.6) is 0 Å². The fraction of sp³-hybridized carbons (Fsp3) is 0.385. The van der Waals surface area contributed by atoms with Crippen molar-refractivity contribution in [1.29, 1.82) is 0 Å². The molecular weight excluding hydrogens is 350 g/mol. The molecule has 20 heavy (non-hydrogen) atoms. The van der Waals surface area contributed by atoms with Gasteiger partial charge in [0.2, 0.25) is 0 Å². The van der Waals surface area contributed by atoms with Crippen LogP contribution in [0.1, 0.15) is 15.9 Å². The van der Waals surface area contributed by atoms with Crippen molar-refractivity contribution < 1.29 is 19.4 Å². The molecule has 0 saturated carbocycles. The van der Waals surface area contributed by atoms with Gasteiger partial charge in [-0.1, -0.05) is 11.6 Å². The Morgan fingerprint density at radius 1 is 1.50 bits per heavy atom. The van der Waals surface area contributed by atoms with Gasteiger partial charge in [0.05, 0.1) is 18.2 Å². The summed E-state index contributed by atoms with van der Waals surface area (Å²) in [6.07, 6.45) is -0.972. The first kappa shape index (κ1) is 15.3. The maximum absolute atomic E-state index is 12.4. The summed E-state index contributed by atoms with van der Waals surface area (Å²) >= 11 is 9.38. The Kier molecular flexibility index (Phi) is 4.67. The molecule has 1 atom stereocenters. The summed E-state index contributed by atoms with van der Waals surface area (Å²) in [6, 6.07) is 3.30.